The number of benzene rings is 3. The van der Waals surface area contributed by atoms with E-state index in [1.54, 1.807) is 13.3 Å². The predicted octanol–water partition coefficient (Wildman–Crippen LogP) is 5.38. The summed E-state index contributed by atoms with van der Waals surface area (Å²) >= 11 is 0. The molecule has 0 bridgehead atoms. The molecule has 1 aromatic heterocycles. The molecule has 0 spiro atoms. The Balaban J connectivity index is 1.71. The van der Waals surface area contributed by atoms with Gasteiger partial charge in [0.15, 0.2) is 0 Å². The van der Waals surface area contributed by atoms with Crippen LogP contribution in [0.3, 0.4) is 0 Å². The van der Waals surface area contributed by atoms with E-state index in [2.05, 4.69) is 15.1 Å². The summed E-state index contributed by atoms with van der Waals surface area (Å²) in [6.45, 7) is 4.27. The van der Waals surface area contributed by atoms with Crippen molar-refractivity contribution in [2.45, 2.75) is 20.4 Å². The van der Waals surface area contributed by atoms with Crippen LogP contribution in [0, 0.1) is 6.92 Å². The van der Waals surface area contributed by atoms with E-state index in [1.165, 1.54) is 4.68 Å². The van der Waals surface area contributed by atoms with Crippen LogP contribution in [0.2, 0.25) is 0 Å². The standard InChI is InChI=1S/C27H26N4O2/c1-19-9-7-8-12-25(19)29-20(2)31-27(32)24(26(30-31)22-10-5-4-6-11-22)18-28-17-21-13-15-23(33-3)16-14-21/h4-16,18,30H,17H2,1-3H3. The molecular formula is C27H26N4O2. The van der Waals surface area contributed by atoms with Crippen LogP contribution < -0.4 is 10.3 Å². The summed E-state index contributed by atoms with van der Waals surface area (Å²) in [6.07, 6.45) is 1.64. The van der Waals surface area contributed by atoms with Gasteiger partial charge in [-0.2, -0.15) is 0 Å². The van der Waals surface area contributed by atoms with Gasteiger partial charge in [-0.3, -0.25) is 14.9 Å². The zero-order chi connectivity index (χ0) is 23.2. The second kappa shape index (κ2) is 9.96. The summed E-state index contributed by atoms with van der Waals surface area (Å²) in [4.78, 5) is 22.6. The number of H-pyrrole nitrogens is 1. The van der Waals surface area contributed by atoms with Crippen LogP contribution >= 0.6 is 0 Å². The first-order chi connectivity index (χ1) is 16.1. The quantitative estimate of drug-likeness (QED) is 0.324. The number of hydrogen-bond acceptors (Lipinski definition) is 4. The summed E-state index contributed by atoms with van der Waals surface area (Å²) in [5, 5.41) is 3.24. The molecular weight excluding hydrogens is 412 g/mol. The summed E-state index contributed by atoms with van der Waals surface area (Å²) in [7, 11) is 1.64. The lowest BCUT2D eigenvalue weighted by Crippen LogP contribution is -2.24. The third kappa shape index (κ3) is 5.01. The SMILES string of the molecule is COc1ccc(CN=Cc2c(-c3ccccc3)[nH]n(C(C)=Nc3ccccc3C)c2=O)cc1. The minimum Gasteiger partial charge on any atom is -0.497 e. The molecule has 0 saturated heterocycles. The maximum atomic E-state index is 13.3. The van der Waals surface area contributed by atoms with Gasteiger partial charge in [-0.25, -0.2) is 9.67 Å². The maximum Gasteiger partial charge on any atom is 0.281 e. The maximum absolute atomic E-state index is 13.3. The van der Waals surface area contributed by atoms with Crippen molar-refractivity contribution >= 4 is 17.7 Å². The van der Waals surface area contributed by atoms with Crippen molar-refractivity contribution in [1.82, 2.24) is 9.78 Å². The summed E-state index contributed by atoms with van der Waals surface area (Å²) < 4.78 is 6.68. The Bertz CT molecular complexity index is 1350. The Morgan fingerprint density at radius 2 is 1.70 bits per heavy atom. The average molecular weight is 439 g/mol. The Labute approximate surface area is 192 Å². The van der Waals surface area contributed by atoms with Crippen molar-refractivity contribution in [3.05, 3.63) is 106 Å². The van der Waals surface area contributed by atoms with E-state index >= 15 is 0 Å². The first-order valence-corrected chi connectivity index (χ1v) is 10.7. The number of nitrogens with one attached hydrogen (secondary N) is 1. The molecule has 33 heavy (non-hydrogen) atoms. The van der Waals surface area contributed by atoms with Crippen LogP contribution in [-0.2, 0) is 6.54 Å². The van der Waals surface area contributed by atoms with Crippen molar-refractivity contribution in [3.8, 4) is 17.0 Å². The third-order valence-electron chi connectivity index (χ3n) is 5.36. The van der Waals surface area contributed by atoms with E-state index in [0.717, 1.165) is 28.1 Å². The molecule has 0 aliphatic carbocycles. The van der Waals surface area contributed by atoms with Crippen molar-refractivity contribution in [2.24, 2.45) is 9.98 Å². The first kappa shape index (κ1) is 22.0. The molecule has 3 aromatic carbocycles. The fourth-order valence-corrected chi connectivity index (χ4v) is 3.51. The topological polar surface area (TPSA) is 71.7 Å². The van der Waals surface area contributed by atoms with Crippen molar-refractivity contribution in [3.63, 3.8) is 0 Å². The number of para-hydroxylation sites is 1. The van der Waals surface area contributed by atoms with Crippen LogP contribution in [-0.4, -0.2) is 28.9 Å². The van der Waals surface area contributed by atoms with Crippen LogP contribution in [0.15, 0.2) is 93.6 Å². The van der Waals surface area contributed by atoms with Gasteiger partial charge >= 0.3 is 0 Å². The van der Waals surface area contributed by atoms with Crippen molar-refractivity contribution < 1.29 is 4.74 Å². The molecule has 0 aliphatic heterocycles. The number of aromatic nitrogens is 2. The smallest absolute Gasteiger partial charge is 0.281 e. The van der Waals surface area contributed by atoms with Gasteiger partial charge in [-0.1, -0.05) is 60.7 Å². The number of aryl methyl sites for hydroxylation is 1. The Hall–Kier alpha value is -4.19. The van der Waals surface area contributed by atoms with Gasteiger partial charge in [0.1, 0.15) is 11.6 Å². The fraction of sp³-hybridized carbons (Fsp3) is 0.148. The van der Waals surface area contributed by atoms with E-state index in [0.29, 0.717) is 23.6 Å². The Kier molecular flexibility index (Phi) is 6.64. The second-order valence-corrected chi connectivity index (χ2v) is 7.67. The molecule has 4 aromatic rings. The molecule has 0 radical (unpaired) electrons. The molecule has 0 fully saturated rings. The molecule has 0 saturated carbocycles. The van der Waals surface area contributed by atoms with Gasteiger partial charge in [-0.15, -0.1) is 0 Å². The van der Waals surface area contributed by atoms with E-state index in [9.17, 15) is 4.79 Å². The molecule has 0 unspecified atom stereocenters. The predicted molar refractivity (Wildman–Crippen MR) is 134 cm³/mol. The number of methoxy groups -OCH3 is 1. The summed E-state index contributed by atoms with van der Waals surface area (Å²) in [5.74, 6) is 1.35. The highest BCUT2D eigenvalue weighted by Crippen LogP contribution is 2.20. The van der Waals surface area contributed by atoms with Crippen molar-refractivity contribution in [1.29, 1.82) is 0 Å². The largest absolute Gasteiger partial charge is 0.497 e. The number of ether oxygens (including phenoxy) is 1. The van der Waals surface area contributed by atoms with Gasteiger partial charge in [0.2, 0.25) is 0 Å². The summed E-state index contributed by atoms with van der Waals surface area (Å²) in [6, 6.07) is 25.3. The number of nitrogens with zero attached hydrogens (tertiary/aromatic N) is 3. The monoisotopic (exact) mass is 438 g/mol. The zero-order valence-electron chi connectivity index (χ0n) is 18.9. The molecule has 0 amide bonds. The highest BCUT2D eigenvalue weighted by atomic mass is 16.5. The normalized spacial score (nSPS) is 11.8. The third-order valence-corrected chi connectivity index (χ3v) is 5.36. The van der Waals surface area contributed by atoms with Crippen LogP contribution in [0.25, 0.3) is 11.3 Å². The molecule has 0 atom stereocenters. The van der Waals surface area contributed by atoms with Gasteiger partial charge in [-0.05, 0) is 43.2 Å². The van der Waals surface area contributed by atoms with Crippen LogP contribution in [0.4, 0.5) is 5.69 Å². The van der Waals surface area contributed by atoms with E-state index in [4.69, 9.17) is 4.74 Å². The van der Waals surface area contributed by atoms with Crippen LogP contribution in [0.1, 0.15) is 23.6 Å². The highest BCUT2D eigenvalue weighted by Gasteiger charge is 2.16. The lowest BCUT2D eigenvalue weighted by molar-refractivity contribution is 0.414. The molecule has 0 aliphatic rings. The molecule has 6 nitrogen and oxygen atoms in total. The Morgan fingerprint density at radius 3 is 2.39 bits per heavy atom. The van der Waals surface area contributed by atoms with Gasteiger partial charge in [0.05, 0.1) is 30.6 Å². The van der Waals surface area contributed by atoms with Crippen molar-refractivity contribution in [2.75, 3.05) is 7.11 Å². The molecule has 4 rings (SSSR count). The molecule has 6 heteroatoms. The zero-order valence-corrected chi connectivity index (χ0v) is 18.9. The minimum absolute atomic E-state index is 0.192. The number of aromatic amines is 1. The average Bonchev–Trinajstić information content (AvgIpc) is 3.18. The number of hydrogen-bond donors (Lipinski definition) is 1. The number of rotatable bonds is 6. The highest BCUT2D eigenvalue weighted by molar-refractivity contribution is 5.92. The van der Waals surface area contributed by atoms with Gasteiger partial charge in [0.25, 0.3) is 5.56 Å². The molecule has 166 valence electrons. The van der Waals surface area contributed by atoms with E-state index in [-0.39, 0.29) is 5.56 Å². The van der Waals surface area contributed by atoms with E-state index < -0.39 is 0 Å². The fourth-order valence-electron chi connectivity index (χ4n) is 3.51. The summed E-state index contributed by atoms with van der Waals surface area (Å²) in [5.41, 5.74) is 4.81. The molecule has 1 N–H and O–H groups in total. The Morgan fingerprint density at radius 1 is 1.00 bits per heavy atom. The lowest BCUT2D eigenvalue weighted by atomic mass is 10.1. The minimum atomic E-state index is -0.192. The van der Waals surface area contributed by atoms with Gasteiger partial charge in [0, 0.05) is 11.8 Å². The van der Waals surface area contributed by atoms with Crippen LogP contribution in [0.5, 0.6) is 5.75 Å². The second-order valence-electron chi connectivity index (χ2n) is 7.67. The first-order valence-electron chi connectivity index (χ1n) is 10.7. The van der Waals surface area contributed by atoms with E-state index in [1.807, 2.05) is 92.7 Å². The lowest BCUT2D eigenvalue weighted by Gasteiger charge is -2.04. The van der Waals surface area contributed by atoms with Gasteiger partial charge < -0.3 is 4.74 Å². The molecule has 1 heterocycles. The number of aliphatic imine (C=N–C) groups is 2.